The van der Waals surface area contributed by atoms with Crippen molar-refractivity contribution in [1.29, 1.82) is 0 Å². The van der Waals surface area contributed by atoms with Crippen LogP contribution in [0.1, 0.15) is 17.5 Å². The molecule has 0 N–H and O–H groups in total. The highest BCUT2D eigenvalue weighted by molar-refractivity contribution is 5.86. The molecule has 0 aliphatic carbocycles. The maximum Gasteiger partial charge on any atom is 0.374 e. The van der Waals surface area contributed by atoms with Crippen molar-refractivity contribution in [3.63, 3.8) is 0 Å². The minimum atomic E-state index is -0.574. The maximum atomic E-state index is 11.0. The first kappa shape index (κ1) is 9.22. The van der Waals surface area contributed by atoms with Gasteiger partial charge in [0.15, 0.2) is 0 Å². The second kappa shape index (κ2) is 4.23. The number of carbonyl (C=O) groups is 1. The number of isocyanates is 1. The van der Waals surface area contributed by atoms with Crippen LogP contribution in [0.2, 0.25) is 0 Å². The summed E-state index contributed by atoms with van der Waals surface area (Å²) in [6.07, 6.45) is 1.30. The predicted octanol–water partition coefficient (Wildman–Crippen LogP) is 1.42. The monoisotopic (exact) mass is 181 g/mol. The number of carbonyl (C=O) groups excluding carboxylic acids is 2. The van der Waals surface area contributed by atoms with Gasteiger partial charge in [-0.3, -0.25) is 0 Å². The van der Waals surface area contributed by atoms with E-state index in [2.05, 4.69) is 9.73 Å². The van der Waals surface area contributed by atoms with Crippen molar-refractivity contribution in [3.8, 4) is 0 Å². The molecule has 0 radical (unpaired) electrons. The second-order valence-electron chi connectivity index (χ2n) is 2.06. The van der Waals surface area contributed by atoms with Gasteiger partial charge in [0.25, 0.3) is 0 Å². The highest BCUT2D eigenvalue weighted by Gasteiger charge is 2.10. The summed E-state index contributed by atoms with van der Waals surface area (Å²) in [4.78, 5) is 24.0. The molecule has 5 nitrogen and oxygen atoms in total. The van der Waals surface area contributed by atoms with Crippen LogP contribution in [0.4, 0.5) is 5.88 Å². The van der Waals surface area contributed by atoms with Crippen LogP contribution in [-0.4, -0.2) is 18.7 Å². The van der Waals surface area contributed by atoms with Crippen LogP contribution < -0.4 is 0 Å². The van der Waals surface area contributed by atoms with Gasteiger partial charge >= 0.3 is 5.97 Å². The number of hydrogen-bond acceptors (Lipinski definition) is 5. The molecule has 1 aromatic heterocycles. The molecule has 0 fully saturated rings. The van der Waals surface area contributed by atoms with E-state index in [1.165, 1.54) is 18.2 Å². The first-order chi connectivity index (χ1) is 6.27. The molecule has 1 aromatic rings. The average molecular weight is 181 g/mol. The average Bonchev–Trinajstić information content (AvgIpc) is 2.54. The quantitative estimate of drug-likeness (QED) is 0.401. The Morgan fingerprint density at radius 3 is 3.08 bits per heavy atom. The summed E-state index contributed by atoms with van der Waals surface area (Å²) in [6.45, 7) is 1.96. The Bertz CT molecular complexity index is 349. The van der Waals surface area contributed by atoms with Gasteiger partial charge in [0, 0.05) is 6.07 Å². The van der Waals surface area contributed by atoms with E-state index in [9.17, 15) is 9.59 Å². The Labute approximate surface area is 74.0 Å². The molecule has 0 amide bonds. The van der Waals surface area contributed by atoms with Crippen molar-refractivity contribution in [2.75, 3.05) is 6.61 Å². The Balaban J connectivity index is 2.79. The first-order valence-electron chi connectivity index (χ1n) is 3.62. The number of furan rings is 1. The molecule has 5 heteroatoms. The lowest BCUT2D eigenvalue weighted by Crippen LogP contribution is -2.02. The molecule has 0 atom stereocenters. The summed E-state index contributed by atoms with van der Waals surface area (Å²) in [5, 5.41) is 0. The van der Waals surface area contributed by atoms with Gasteiger partial charge in [-0.2, -0.15) is 0 Å². The van der Waals surface area contributed by atoms with Crippen LogP contribution >= 0.6 is 0 Å². The molecule has 0 spiro atoms. The third-order valence-electron chi connectivity index (χ3n) is 1.22. The zero-order valence-corrected chi connectivity index (χ0v) is 6.94. The second-order valence-corrected chi connectivity index (χ2v) is 2.06. The Morgan fingerprint density at radius 2 is 2.46 bits per heavy atom. The van der Waals surface area contributed by atoms with Gasteiger partial charge in [-0.1, -0.05) is 0 Å². The fourth-order valence-corrected chi connectivity index (χ4v) is 0.745. The summed E-state index contributed by atoms with van der Waals surface area (Å²) in [5.74, 6) is -0.510. The fourth-order valence-electron chi connectivity index (χ4n) is 0.745. The van der Waals surface area contributed by atoms with Gasteiger partial charge in [0.1, 0.15) is 0 Å². The van der Waals surface area contributed by atoms with Gasteiger partial charge in [-0.05, 0) is 13.0 Å². The topological polar surface area (TPSA) is 68.9 Å². The van der Waals surface area contributed by atoms with Crippen molar-refractivity contribution < 1.29 is 18.7 Å². The van der Waals surface area contributed by atoms with Crippen molar-refractivity contribution in [1.82, 2.24) is 0 Å². The lowest BCUT2D eigenvalue weighted by Gasteiger charge is -1.95. The molecule has 0 saturated carbocycles. The molecule has 0 saturated heterocycles. The highest BCUT2D eigenvalue weighted by Crippen LogP contribution is 2.16. The smallest absolute Gasteiger partial charge is 0.374 e. The lowest BCUT2D eigenvalue weighted by atomic mass is 10.4. The number of aliphatic imine (C=N–C) groups is 1. The van der Waals surface area contributed by atoms with Gasteiger partial charge in [0.2, 0.25) is 17.7 Å². The fraction of sp³-hybridized carbons (Fsp3) is 0.250. The Kier molecular flexibility index (Phi) is 3.00. The van der Waals surface area contributed by atoms with Crippen molar-refractivity contribution in [3.05, 3.63) is 17.9 Å². The standard InChI is InChI=1S/C8H7NO4/c1-2-12-8(11)6-3-4-7(13-6)9-5-10/h3-4H,2H2,1H3. The van der Waals surface area contributed by atoms with Gasteiger partial charge in [-0.15, -0.1) is 4.99 Å². The van der Waals surface area contributed by atoms with E-state index >= 15 is 0 Å². The van der Waals surface area contributed by atoms with Gasteiger partial charge in [-0.25, -0.2) is 9.59 Å². The number of hydrogen-bond donors (Lipinski definition) is 0. The number of esters is 1. The molecular formula is C8H7NO4. The maximum absolute atomic E-state index is 11.0. The van der Waals surface area contributed by atoms with Crippen LogP contribution in [0.25, 0.3) is 0 Å². The Morgan fingerprint density at radius 1 is 1.69 bits per heavy atom. The molecule has 0 aliphatic heterocycles. The minimum Gasteiger partial charge on any atom is -0.460 e. The highest BCUT2D eigenvalue weighted by atomic mass is 16.5. The van der Waals surface area contributed by atoms with Crippen LogP contribution in [0, 0.1) is 0 Å². The summed E-state index contributed by atoms with van der Waals surface area (Å²) < 4.78 is 9.48. The van der Waals surface area contributed by atoms with Crippen LogP contribution in [0.5, 0.6) is 0 Å². The van der Waals surface area contributed by atoms with E-state index in [0.717, 1.165) is 0 Å². The third-order valence-corrected chi connectivity index (χ3v) is 1.22. The molecular weight excluding hydrogens is 174 g/mol. The van der Waals surface area contributed by atoms with Crippen LogP contribution in [-0.2, 0) is 9.53 Å². The zero-order valence-electron chi connectivity index (χ0n) is 6.94. The number of rotatable bonds is 3. The normalized spacial score (nSPS) is 9.00. The summed E-state index contributed by atoms with van der Waals surface area (Å²) >= 11 is 0. The summed E-state index contributed by atoms with van der Waals surface area (Å²) in [6, 6.07) is 2.77. The molecule has 13 heavy (non-hydrogen) atoms. The minimum absolute atomic E-state index is 0.0239. The SMILES string of the molecule is CCOC(=O)c1ccc(N=C=O)o1. The molecule has 0 bridgehead atoms. The molecule has 0 aromatic carbocycles. The van der Waals surface area contributed by atoms with Crippen molar-refractivity contribution in [2.24, 2.45) is 4.99 Å². The molecule has 0 aliphatic rings. The van der Waals surface area contributed by atoms with E-state index < -0.39 is 5.97 Å². The summed E-state index contributed by atoms with van der Waals surface area (Å²) in [7, 11) is 0. The van der Waals surface area contributed by atoms with E-state index in [1.807, 2.05) is 0 Å². The zero-order chi connectivity index (χ0) is 9.68. The molecule has 0 unspecified atom stereocenters. The third kappa shape index (κ3) is 2.28. The number of ether oxygens (including phenoxy) is 1. The van der Waals surface area contributed by atoms with E-state index in [4.69, 9.17) is 4.42 Å². The summed E-state index contributed by atoms with van der Waals surface area (Å²) in [5.41, 5.74) is 0. The molecule has 68 valence electrons. The van der Waals surface area contributed by atoms with Crippen LogP contribution in [0.3, 0.4) is 0 Å². The lowest BCUT2D eigenvalue weighted by molar-refractivity contribution is 0.0491. The van der Waals surface area contributed by atoms with E-state index in [-0.39, 0.29) is 18.3 Å². The van der Waals surface area contributed by atoms with Gasteiger partial charge < -0.3 is 9.15 Å². The molecule has 1 rings (SSSR count). The first-order valence-corrected chi connectivity index (χ1v) is 3.62. The largest absolute Gasteiger partial charge is 0.460 e. The van der Waals surface area contributed by atoms with Crippen molar-refractivity contribution in [2.45, 2.75) is 6.92 Å². The van der Waals surface area contributed by atoms with Crippen molar-refractivity contribution >= 4 is 17.9 Å². The van der Waals surface area contributed by atoms with Gasteiger partial charge in [0.05, 0.1) is 6.61 Å². The van der Waals surface area contributed by atoms with E-state index in [0.29, 0.717) is 0 Å². The van der Waals surface area contributed by atoms with Crippen LogP contribution in [0.15, 0.2) is 21.5 Å². The Hall–Kier alpha value is -1.87. The predicted molar refractivity (Wildman–Crippen MR) is 42.4 cm³/mol. The van der Waals surface area contributed by atoms with E-state index in [1.54, 1.807) is 6.92 Å². The molecule has 1 heterocycles. The number of nitrogens with zero attached hydrogens (tertiary/aromatic N) is 1.